The van der Waals surface area contributed by atoms with Crippen LogP contribution < -0.4 is 19.9 Å². The number of hydrogen-bond acceptors (Lipinski definition) is 8. The summed E-state index contributed by atoms with van der Waals surface area (Å²) in [6, 6.07) is 5.34. The Morgan fingerprint density at radius 2 is 1.95 bits per heavy atom. The molecule has 2 unspecified atom stereocenters. The van der Waals surface area contributed by atoms with E-state index in [4.69, 9.17) is 14.7 Å². The van der Waals surface area contributed by atoms with Crippen LogP contribution in [0.3, 0.4) is 0 Å². The first-order valence-electron chi connectivity index (χ1n) is 14.3. The first-order valence-corrected chi connectivity index (χ1v) is 15.4. The summed E-state index contributed by atoms with van der Waals surface area (Å²) in [4.78, 5) is 17.2. The van der Waals surface area contributed by atoms with Crippen molar-refractivity contribution in [1.29, 1.82) is 0 Å². The van der Waals surface area contributed by atoms with Crippen molar-refractivity contribution in [2.24, 2.45) is 5.41 Å². The molecule has 210 valence electrons. The van der Waals surface area contributed by atoms with Crippen molar-refractivity contribution in [2.75, 3.05) is 56.7 Å². The topological polar surface area (TPSA) is 77.0 Å². The highest BCUT2D eigenvalue weighted by Crippen LogP contribution is 2.46. The summed E-state index contributed by atoms with van der Waals surface area (Å²) in [6.45, 7) is 9.34. The molecule has 2 N–H and O–H groups in total. The van der Waals surface area contributed by atoms with Crippen molar-refractivity contribution < 1.29 is 9.84 Å². The molecule has 8 nitrogen and oxygen atoms in total. The van der Waals surface area contributed by atoms with Gasteiger partial charge in [-0.25, -0.2) is 0 Å². The molecular formula is C30H41IN6O2. The average molecular weight is 645 g/mol. The molecule has 0 amide bonds. The van der Waals surface area contributed by atoms with Gasteiger partial charge in [0.2, 0.25) is 0 Å². The lowest BCUT2D eigenvalue weighted by molar-refractivity contribution is 0.182. The Hall–Kier alpha value is -2.11. The molecule has 9 heteroatoms. The summed E-state index contributed by atoms with van der Waals surface area (Å²) < 4.78 is 7.58. The van der Waals surface area contributed by atoms with Gasteiger partial charge in [-0.2, -0.15) is 9.97 Å². The van der Waals surface area contributed by atoms with Gasteiger partial charge in [-0.3, -0.25) is 0 Å². The maximum Gasteiger partial charge on any atom is 0.318 e. The number of fused-ring (bicyclic) bond motifs is 3. The van der Waals surface area contributed by atoms with Crippen molar-refractivity contribution in [3.8, 4) is 11.8 Å². The number of hydrogen-bond donors (Lipinski definition) is 2. The number of aromatic hydroxyl groups is 1. The van der Waals surface area contributed by atoms with Crippen molar-refractivity contribution in [1.82, 2.24) is 20.2 Å². The maximum absolute atomic E-state index is 10.5. The van der Waals surface area contributed by atoms with E-state index >= 15 is 0 Å². The quantitative estimate of drug-likeness (QED) is 0.407. The summed E-state index contributed by atoms with van der Waals surface area (Å²) in [7, 11) is 4.26. The number of phenols is 1. The number of nitrogens with one attached hydrogen (secondary N) is 1. The van der Waals surface area contributed by atoms with E-state index in [9.17, 15) is 5.11 Å². The van der Waals surface area contributed by atoms with Gasteiger partial charge in [0, 0.05) is 70.1 Å². The zero-order valence-electron chi connectivity index (χ0n) is 23.6. The van der Waals surface area contributed by atoms with Gasteiger partial charge in [0.25, 0.3) is 0 Å². The van der Waals surface area contributed by atoms with E-state index in [-0.39, 0.29) is 5.41 Å². The largest absolute Gasteiger partial charge is 0.508 e. The lowest BCUT2D eigenvalue weighted by atomic mass is 10.00. The number of aromatic nitrogens is 2. The smallest absolute Gasteiger partial charge is 0.318 e. The fraction of sp³-hybridized carbons (Fsp3) is 0.600. The Labute approximate surface area is 246 Å². The zero-order chi connectivity index (χ0) is 27.3. The van der Waals surface area contributed by atoms with E-state index in [2.05, 4.69) is 76.6 Å². The second-order valence-electron chi connectivity index (χ2n) is 12.3. The lowest BCUT2D eigenvalue weighted by Crippen LogP contribution is -2.52. The molecule has 2 aromatic rings. The van der Waals surface area contributed by atoms with E-state index in [1.165, 1.54) is 40.4 Å². The molecule has 0 spiro atoms. The predicted molar refractivity (Wildman–Crippen MR) is 165 cm³/mol. The molecule has 3 fully saturated rings. The van der Waals surface area contributed by atoms with Crippen molar-refractivity contribution >= 4 is 37.7 Å². The molecule has 2 bridgehead atoms. The van der Waals surface area contributed by atoms with Crippen LogP contribution in [0.15, 0.2) is 18.2 Å². The van der Waals surface area contributed by atoms with Crippen LogP contribution in [0.2, 0.25) is 0 Å². The minimum Gasteiger partial charge on any atom is -0.508 e. The van der Waals surface area contributed by atoms with E-state index < -0.39 is 0 Å². The molecule has 3 aliphatic heterocycles. The van der Waals surface area contributed by atoms with Crippen molar-refractivity contribution in [3.63, 3.8) is 0 Å². The van der Waals surface area contributed by atoms with Gasteiger partial charge in [-0.05, 0) is 94.3 Å². The summed E-state index contributed by atoms with van der Waals surface area (Å²) in [5, 5.41) is 14.3. The predicted octanol–water partition coefficient (Wildman–Crippen LogP) is 4.51. The zero-order valence-corrected chi connectivity index (χ0v) is 25.8. The highest BCUT2D eigenvalue weighted by Gasteiger charge is 2.44. The third-order valence-electron chi connectivity index (χ3n) is 8.79. The second kappa shape index (κ2) is 10.7. The molecule has 1 aromatic carbocycles. The minimum absolute atomic E-state index is 0.223. The SMILES string of the molecule is C/C=C(/I)c1c(C)cc(O)cc1N1CCc2c(nc(OCC3(CN(C)C)CC3)nc2N2CC3CCC(C2)N3)C1. The number of piperazine rings is 1. The Morgan fingerprint density at radius 3 is 2.62 bits per heavy atom. The van der Waals surface area contributed by atoms with Crippen LogP contribution >= 0.6 is 22.6 Å². The number of halogens is 1. The van der Waals surface area contributed by atoms with Crippen LogP contribution in [0.4, 0.5) is 11.5 Å². The van der Waals surface area contributed by atoms with Crippen LogP contribution in [0.5, 0.6) is 11.8 Å². The molecule has 1 saturated carbocycles. The summed E-state index contributed by atoms with van der Waals surface area (Å²) in [6.07, 6.45) is 7.87. The third kappa shape index (κ3) is 5.59. The molecule has 4 aliphatic rings. The maximum atomic E-state index is 10.5. The number of benzene rings is 1. The van der Waals surface area contributed by atoms with Gasteiger partial charge in [0.05, 0.1) is 18.8 Å². The number of aryl methyl sites for hydroxylation is 1. The molecule has 1 aromatic heterocycles. The highest BCUT2D eigenvalue weighted by molar-refractivity contribution is 14.1. The van der Waals surface area contributed by atoms with Crippen molar-refractivity contribution in [2.45, 2.75) is 64.6 Å². The lowest BCUT2D eigenvalue weighted by Gasteiger charge is -2.38. The van der Waals surface area contributed by atoms with Crippen LogP contribution in [0.1, 0.15) is 55.0 Å². The fourth-order valence-electron chi connectivity index (χ4n) is 6.76. The first-order chi connectivity index (χ1) is 18.7. The van der Waals surface area contributed by atoms with Crippen LogP contribution in [-0.2, 0) is 13.0 Å². The second-order valence-corrected chi connectivity index (χ2v) is 13.5. The monoisotopic (exact) mass is 644 g/mol. The van der Waals surface area contributed by atoms with E-state index in [1.54, 1.807) is 0 Å². The van der Waals surface area contributed by atoms with Crippen LogP contribution in [0, 0.1) is 12.3 Å². The molecule has 6 rings (SSSR count). The minimum atomic E-state index is 0.223. The van der Waals surface area contributed by atoms with E-state index in [0.717, 1.165) is 55.4 Å². The Bertz CT molecular complexity index is 1260. The van der Waals surface area contributed by atoms with Crippen molar-refractivity contribution in [3.05, 3.63) is 40.6 Å². The standard InChI is InChI=1S/C30H41IN6O2/c1-5-24(31)27-19(2)12-22(38)13-26(27)36-11-8-23-25(16-36)33-29(39-18-30(9-10-30)17-35(3)4)34-28(23)37-14-20-6-7-21(15-37)32-20/h5,12-13,20-21,32,38H,6-11,14-18H2,1-4H3/b24-5+. The Morgan fingerprint density at radius 1 is 1.21 bits per heavy atom. The molecule has 2 atom stereocenters. The summed E-state index contributed by atoms with van der Waals surface area (Å²) in [5.41, 5.74) is 5.85. The van der Waals surface area contributed by atoms with Gasteiger partial charge < -0.3 is 29.9 Å². The van der Waals surface area contributed by atoms with Crippen LogP contribution in [0.25, 0.3) is 3.58 Å². The fourth-order valence-corrected chi connectivity index (χ4v) is 7.46. The van der Waals surface area contributed by atoms with Gasteiger partial charge in [-0.15, -0.1) is 0 Å². The molecule has 4 heterocycles. The number of nitrogens with zero attached hydrogens (tertiary/aromatic N) is 5. The number of anilines is 2. The highest BCUT2D eigenvalue weighted by atomic mass is 127. The number of phenolic OH excluding ortho intramolecular Hbond substituents is 1. The van der Waals surface area contributed by atoms with Gasteiger partial charge in [0.1, 0.15) is 11.6 Å². The number of rotatable bonds is 8. The van der Waals surface area contributed by atoms with Gasteiger partial charge in [0.15, 0.2) is 0 Å². The number of ether oxygens (including phenoxy) is 1. The Balaban J connectivity index is 1.34. The summed E-state index contributed by atoms with van der Waals surface area (Å²) in [5.74, 6) is 1.37. The van der Waals surface area contributed by atoms with E-state index in [1.807, 2.05) is 12.1 Å². The molecule has 39 heavy (non-hydrogen) atoms. The van der Waals surface area contributed by atoms with E-state index in [0.29, 0.717) is 37.0 Å². The normalized spacial score (nSPS) is 23.8. The molecule has 2 saturated heterocycles. The average Bonchev–Trinajstić information content (AvgIpc) is 3.59. The van der Waals surface area contributed by atoms with Gasteiger partial charge >= 0.3 is 6.01 Å². The van der Waals surface area contributed by atoms with Crippen LogP contribution in [-0.4, -0.2) is 78.9 Å². The Kier molecular flexibility index (Phi) is 7.43. The third-order valence-corrected chi connectivity index (χ3v) is 9.95. The molecule has 0 radical (unpaired) electrons. The molecular weight excluding hydrogens is 603 g/mol. The summed E-state index contributed by atoms with van der Waals surface area (Å²) >= 11 is 2.40. The first kappa shape index (κ1) is 27.1. The number of allylic oxidation sites excluding steroid dienone is 1. The van der Waals surface area contributed by atoms with Gasteiger partial charge in [-0.1, -0.05) is 6.08 Å². The molecule has 1 aliphatic carbocycles.